The highest BCUT2D eigenvalue weighted by Crippen LogP contribution is 2.29. The smallest absolute Gasteiger partial charge is 0.234 e. The molecule has 3 aromatic heterocycles. The number of aromatic nitrogens is 4. The van der Waals surface area contributed by atoms with E-state index in [1.54, 1.807) is 19.2 Å². The van der Waals surface area contributed by atoms with E-state index in [1.807, 2.05) is 47.2 Å². The monoisotopic (exact) mass is 349 g/mol. The van der Waals surface area contributed by atoms with Crippen molar-refractivity contribution in [2.45, 2.75) is 13.8 Å². The van der Waals surface area contributed by atoms with Crippen molar-refractivity contribution in [3.8, 4) is 11.4 Å². The molecule has 1 aromatic carbocycles. The maximum absolute atomic E-state index is 11.5. The molecule has 0 atom stereocenters. The van der Waals surface area contributed by atoms with Crippen molar-refractivity contribution in [2.24, 2.45) is 0 Å². The van der Waals surface area contributed by atoms with Crippen molar-refractivity contribution in [2.75, 3.05) is 5.32 Å². The van der Waals surface area contributed by atoms with Gasteiger partial charge in [0.2, 0.25) is 5.78 Å². The number of nitrogens with zero attached hydrogens (tertiary/aromatic N) is 4. The molecule has 0 spiro atoms. The summed E-state index contributed by atoms with van der Waals surface area (Å²) in [5.41, 5.74) is 4.17. The Hall–Kier alpha value is -3.06. The lowest BCUT2D eigenvalue weighted by atomic mass is 10.1. The zero-order valence-corrected chi connectivity index (χ0v) is 14.5. The number of anilines is 2. The highest BCUT2D eigenvalue weighted by Gasteiger charge is 2.14. The second-order valence-electron chi connectivity index (χ2n) is 5.64. The van der Waals surface area contributed by atoms with Gasteiger partial charge in [-0.05, 0) is 32.0 Å². The molecule has 4 aromatic rings. The molecule has 0 saturated heterocycles. The van der Waals surface area contributed by atoms with Crippen molar-refractivity contribution < 1.29 is 4.79 Å². The molecule has 0 bridgehead atoms. The molecule has 1 N–H and O–H groups in total. The minimum atomic E-state index is 0.0392. The van der Waals surface area contributed by atoms with Gasteiger partial charge in [0.15, 0.2) is 10.9 Å². The van der Waals surface area contributed by atoms with Crippen LogP contribution in [0.1, 0.15) is 23.0 Å². The summed E-state index contributed by atoms with van der Waals surface area (Å²) in [5.74, 6) is 0.698. The van der Waals surface area contributed by atoms with Crippen LogP contribution in [0.4, 0.5) is 10.8 Å². The number of aryl methyl sites for hydroxylation is 1. The maximum atomic E-state index is 11.5. The molecule has 0 saturated carbocycles. The summed E-state index contributed by atoms with van der Waals surface area (Å²) in [6, 6.07) is 9.27. The lowest BCUT2D eigenvalue weighted by Crippen LogP contribution is -1.95. The highest BCUT2D eigenvalue weighted by molar-refractivity contribution is 7.14. The van der Waals surface area contributed by atoms with Gasteiger partial charge in [-0.3, -0.25) is 9.20 Å². The van der Waals surface area contributed by atoms with Gasteiger partial charge >= 0.3 is 0 Å². The molecule has 3 heterocycles. The predicted octanol–water partition coefficient (Wildman–Crippen LogP) is 4.11. The van der Waals surface area contributed by atoms with Gasteiger partial charge in [-0.25, -0.2) is 15.0 Å². The predicted molar refractivity (Wildman–Crippen MR) is 98.6 cm³/mol. The van der Waals surface area contributed by atoms with Gasteiger partial charge in [-0.15, -0.1) is 11.3 Å². The lowest BCUT2D eigenvalue weighted by Gasteiger charge is -2.04. The summed E-state index contributed by atoms with van der Waals surface area (Å²) >= 11 is 1.51. The second kappa shape index (κ2) is 6.10. The zero-order chi connectivity index (χ0) is 17.4. The summed E-state index contributed by atoms with van der Waals surface area (Å²) in [5, 5.41) is 6.00. The largest absolute Gasteiger partial charge is 0.332 e. The van der Waals surface area contributed by atoms with Crippen LogP contribution in [0.3, 0.4) is 0 Å². The number of fused-ring (bicyclic) bond motifs is 1. The van der Waals surface area contributed by atoms with Gasteiger partial charge in [0.1, 0.15) is 5.69 Å². The number of hydrogen-bond donors (Lipinski definition) is 1. The van der Waals surface area contributed by atoms with Crippen LogP contribution >= 0.6 is 11.3 Å². The third-order valence-electron chi connectivity index (χ3n) is 3.85. The molecule has 0 radical (unpaired) electrons. The van der Waals surface area contributed by atoms with Crippen molar-refractivity contribution in [1.29, 1.82) is 0 Å². The number of hydrogen-bond acceptors (Lipinski definition) is 6. The quantitative estimate of drug-likeness (QED) is 0.561. The van der Waals surface area contributed by atoms with E-state index in [0.717, 1.165) is 27.9 Å². The van der Waals surface area contributed by atoms with Gasteiger partial charge in [-0.1, -0.05) is 12.1 Å². The van der Waals surface area contributed by atoms with E-state index >= 15 is 0 Å². The van der Waals surface area contributed by atoms with E-state index in [4.69, 9.17) is 0 Å². The fraction of sp³-hybridized carbons (Fsp3) is 0.111. The van der Waals surface area contributed by atoms with Gasteiger partial charge in [-0.2, -0.15) is 0 Å². The first-order valence-electron chi connectivity index (χ1n) is 7.75. The molecule has 0 aliphatic carbocycles. The Labute approximate surface area is 148 Å². The summed E-state index contributed by atoms with van der Waals surface area (Å²) < 4.78 is 1.94. The average Bonchev–Trinajstić information content (AvgIpc) is 3.18. The van der Waals surface area contributed by atoms with E-state index in [1.165, 1.54) is 11.3 Å². The first-order valence-corrected chi connectivity index (χ1v) is 8.63. The van der Waals surface area contributed by atoms with Gasteiger partial charge < -0.3 is 5.32 Å². The Kier molecular flexibility index (Phi) is 3.77. The molecule has 124 valence electrons. The van der Waals surface area contributed by atoms with Crippen LogP contribution in [0.5, 0.6) is 0 Å². The first kappa shape index (κ1) is 15.5. The summed E-state index contributed by atoms with van der Waals surface area (Å²) in [6.45, 7) is 3.51. The fourth-order valence-electron chi connectivity index (χ4n) is 2.69. The number of benzene rings is 1. The number of carbonyl (C=O) groups is 1. The van der Waals surface area contributed by atoms with Crippen LogP contribution in [0, 0.1) is 6.92 Å². The Bertz CT molecular complexity index is 1080. The summed E-state index contributed by atoms with van der Waals surface area (Å²) in [6.07, 6.45) is 3.65. The van der Waals surface area contributed by atoms with Crippen LogP contribution in [-0.2, 0) is 0 Å². The van der Waals surface area contributed by atoms with Crippen molar-refractivity contribution >= 4 is 33.7 Å². The maximum Gasteiger partial charge on any atom is 0.234 e. The first-order chi connectivity index (χ1) is 12.1. The molecule has 0 aliphatic heterocycles. The Morgan fingerprint density at radius 2 is 2.12 bits per heavy atom. The van der Waals surface area contributed by atoms with Crippen LogP contribution in [0.15, 0.2) is 48.1 Å². The van der Waals surface area contributed by atoms with Crippen LogP contribution in [0.25, 0.3) is 17.2 Å². The molecule has 0 aliphatic rings. The number of rotatable bonds is 4. The number of Topliss-reactive ketones (excluding diaryl/α,β-unsaturated/α-hetero) is 1. The second-order valence-corrected chi connectivity index (χ2v) is 6.49. The van der Waals surface area contributed by atoms with E-state index in [0.29, 0.717) is 11.3 Å². The lowest BCUT2D eigenvalue weighted by molar-refractivity contribution is 0.101. The fourth-order valence-corrected chi connectivity index (χ4v) is 3.40. The van der Waals surface area contributed by atoms with Gasteiger partial charge in [0, 0.05) is 29.0 Å². The minimum Gasteiger partial charge on any atom is -0.332 e. The molecule has 6 nitrogen and oxygen atoms in total. The van der Waals surface area contributed by atoms with Crippen LogP contribution in [0.2, 0.25) is 0 Å². The number of carbonyl (C=O) groups excluding carboxylic acids is 1. The van der Waals surface area contributed by atoms with E-state index < -0.39 is 0 Å². The highest BCUT2D eigenvalue weighted by atomic mass is 32.1. The van der Waals surface area contributed by atoms with Gasteiger partial charge in [0.25, 0.3) is 0 Å². The Morgan fingerprint density at radius 3 is 2.96 bits per heavy atom. The summed E-state index contributed by atoms with van der Waals surface area (Å²) in [7, 11) is 0. The van der Waals surface area contributed by atoms with Crippen LogP contribution < -0.4 is 5.32 Å². The van der Waals surface area contributed by atoms with Gasteiger partial charge in [0.05, 0.1) is 11.4 Å². The molecule has 7 heteroatoms. The number of thiazole rings is 1. The standard InChI is InChI=1S/C18H15N5OS/c1-11-16(23-8-4-7-19-17(23)20-11)15-10-25-18(22-15)21-14-6-3-5-13(9-14)12(2)24/h3-10H,1-2H3,(H,21,22). The van der Waals surface area contributed by atoms with Crippen molar-refractivity contribution in [1.82, 2.24) is 19.4 Å². The normalized spacial score (nSPS) is 11.0. The number of nitrogens with one attached hydrogen (secondary N) is 1. The Morgan fingerprint density at radius 1 is 1.24 bits per heavy atom. The zero-order valence-electron chi connectivity index (χ0n) is 13.7. The average molecular weight is 349 g/mol. The molecular weight excluding hydrogens is 334 g/mol. The third-order valence-corrected chi connectivity index (χ3v) is 4.60. The van der Waals surface area contributed by atoms with E-state index in [-0.39, 0.29) is 5.78 Å². The van der Waals surface area contributed by atoms with E-state index in [2.05, 4.69) is 20.3 Å². The number of ketones is 1. The molecular formula is C18H15N5OS. The SMILES string of the molecule is CC(=O)c1cccc(Nc2nc(-c3c(C)nc4ncccn34)cs2)c1. The van der Waals surface area contributed by atoms with Crippen LogP contribution in [-0.4, -0.2) is 25.1 Å². The molecule has 4 rings (SSSR count). The van der Waals surface area contributed by atoms with Crippen molar-refractivity contribution in [3.05, 3.63) is 59.4 Å². The Balaban J connectivity index is 1.67. The minimum absolute atomic E-state index is 0.0392. The van der Waals surface area contributed by atoms with Crippen molar-refractivity contribution in [3.63, 3.8) is 0 Å². The molecule has 0 fully saturated rings. The molecule has 0 amide bonds. The van der Waals surface area contributed by atoms with E-state index in [9.17, 15) is 4.79 Å². The topological polar surface area (TPSA) is 72.2 Å². The summed E-state index contributed by atoms with van der Waals surface area (Å²) in [4.78, 5) is 24.9. The molecule has 0 unspecified atom stereocenters. The third kappa shape index (κ3) is 2.89. The molecule has 25 heavy (non-hydrogen) atoms. The number of imidazole rings is 1.